The van der Waals surface area contributed by atoms with Crippen molar-refractivity contribution >= 4 is 28.6 Å². The fraction of sp³-hybridized carbons (Fsp3) is 0.318. The quantitative estimate of drug-likeness (QED) is 0.659. The minimum Gasteiger partial charge on any atom is -0.332 e. The van der Waals surface area contributed by atoms with E-state index in [1.165, 1.54) is 11.1 Å². The normalized spacial score (nSPS) is 11.1. The lowest BCUT2D eigenvalue weighted by Crippen LogP contribution is -2.38. The minimum atomic E-state index is -0.175. The molecule has 0 atom stereocenters. The molecule has 0 saturated carbocycles. The molecule has 0 aliphatic rings. The number of rotatable bonds is 7. The Bertz CT molecular complexity index is 1030. The van der Waals surface area contributed by atoms with Crippen LogP contribution in [0.3, 0.4) is 0 Å². The van der Waals surface area contributed by atoms with Crippen molar-refractivity contribution in [3.63, 3.8) is 0 Å². The molecule has 0 bridgehead atoms. The second kappa shape index (κ2) is 9.06. The molecule has 5 nitrogen and oxygen atoms in total. The number of aryl methyl sites for hydroxylation is 1. The van der Waals surface area contributed by atoms with Crippen molar-refractivity contribution in [3.05, 3.63) is 75.8 Å². The van der Waals surface area contributed by atoms with Crippen LogP contribution in [0.5, 0.6) is 0 Å². The summed E-state index contributed by atoms with van der Waals surface area (Å²) >= 11 is 1.60. The molecule has 1 aromatic heterocycles. The van der Waals surface area contributed by atoms with Gasteiger partial charge >= 0.3 is 0 Å². The molecule has 0 aliphatic carbocycles. The molecule has 0 saturated heterocycles. The maximum atomic E-state index is 12.8. The third-order valence-corrected chi connectivity index (χ3v) is 5.49. The molecule has 1 amide bonds. The third-order valence-electron chi connectivity index (χ3n) is 4.50. The Balaban J connectivity index is 1.67. The van der Waals surface area contributed by atoms with E-state index in [1.807, 2.05) is 38.1 Å². The van der Waals surface area contributed by atoms with Crippen molar-refractivity contribution in [2.45, 2.75) is 39.1 Å². The van der Waals surface area contributed by atoms with E-state index in [9.17, 15) is 9.59 Å². The Morgan fingerprint density at radius 2 is 1.96 bits per heavy atom. The van der Waals surface area contributed by atoms with Crippen LogP contribution >= 0.6 is 11.8 Å². The average molecular weight is 396 g/mol. The van der Waals surface area contributed by atoms with Gasteiger partial charge in [0.1, 0.15) is 5.82 Å². The number of carbonyl (C=O) groups excluding carboxylic acids is 1. The zero-order valence-corrected chi connectivity index (χ0v) is 17.3. The largest absolute Gasteiger partial charge is 0.332 e. The van der Waals surface area contributed by atoms with E-state index in [0.717, 1.165) is 5.75 Å². The molecule has 0 unspecified atom stereocenters. The summed E-state index contributed by atoms with van der Waals surface area (Å²) in [7, 11) is 0. The molecule has 146 valence electrons. The predicted molar refractivity (Wildman–Crippen MR) is 115 cm³/mol. The minimum absolute atomic E-state index is 0.0174. The van der Waals surface area contributed by atoms with Crippen LogP contribution in [0, 0.1) is 6.92 Å². The highest BCUT2D eigenvalue weighted by atomic mass is 32.2. The molecule has 0 aliphatic heterocycles. The number of carbonyl (C=O) groups is 1. The van der Waals surface area contributed by atoms with Crippen LogP contribution < -0.4 is 5.56 Å². The molecule has 6 heteroatoms. The van der Waals surface area contributed by atoms with Gasteiger partial charge in [0, 0.05) is 11.8 Å². The predicted octanol–water partition coefficient (Wildman–Crippen LogP) is 3.90. The summed E-state index contributed by atoms with van der Waals surface area (Å²) in [5, 5.41) is 0.558. The number of aromatic nitrogens is 2. The van der Waals surface area contributed by atoms with E-state index < -0.39 is 0 Å². The number of hydrogen-bond acceptors (Lipinski definition) is 4. The number of fused-ring (bicyclic) bond motifs is 1. The maximum absolute atomic E-state index is 12.8. The Morgan fingerprint density at radius 1 is 1.18 bits per heavy atom. The molecular weight excluding hydrogens is 370 g/mol. The number of para-hydroxylation sites is 1. The van der Waals surface area contributed by atoms with Crippen LogP contribution in [0.15, 0.2) is 53.3 Å². The summed E-state index contributed by atoms with van der Waals surface area (Å²) in [6.45, 7) is 6.31. The first-order chi connectivity index (χ1) is 13.4. The van der Waals surface area contributed by atoms with Crippen molar-refractivity contribution in [3.8, 4) is 0 Å². The van der Waals surface area contributed by atoms with Crippen LogP contribution in [-0.4, -0.2) is 32.6 Å². The molecule has 0 fully saturated rings. The number of aromatic amines is 1. The lowest BCUT2D eigenvalue weighted by Gasteiger charge is -2.26. The van der Waals surface area contributed by atoms with Crippen molar-refractivity contribution in [1.29, 1.82) is 0 Å². The Kier molecular flexibility index (Phi) is 6.52. The van der Waals surface area contributed by atoms with E-state index in [0.29, 0.717) is 29.0 Å². The highest BCUT2D eigenvalue weighted by molar-refractivity contribution is 7.99. The van der Waals surface area contributed by atoms with E-state index in [2.05, 4.69) is 35.1 Å². The highest BCUT2D eigenvalue weighted by Gasteiger charge is 2.19. The zero-order chi connectivity index (χ0) is 20.1. The van der Waals surface area contributed by atoms with Gasteiger partial charge in [-0.1, -0.05) is 42.0 Å². The van der Waals surface area contributed by atoms with Crippen LogP contribution in [0.25, 0.3) is 10.9 Å². The van der Waals surface area contributed by atoms with Crippen molar-refractivity contribution in [1.82, 2.24) is 14.9 Å². The summed E-state index contributed by atoms with van der Waals surface area (Å²) in [4.78, 5) is 34.1. The molecular formula is C22H25N3O2S. The van der Waals surface area contributed by atoms with Gasteiger partial charge in [-0.25, -0.2) is 4.98 Å². The molecule has 3 aromatic rings. The Morgan fingerprint density at radius 3 is 2.71 bits per heavy atom. The van der Waals surface area contributed by atoms with Gasteiger partial charge in [0.15, 0.2) is 0 Å². The first-order valence-electron chi connectivity index (χ1n) is 9.34. The number of amides is 1. The SMILES string of the molecule is Cc1cccc(CSCC(=O)N(Cc2nc3ccccc3c(=O)[nH]2)C(C)C)c1. The lowest BCUT2D eigenvalue weighted by molar-refractivity contribution is -0.130. The number of nitrogens with one attached hydrogen (secondary N) is 1. The Hall–Kier alpha value is -2.60. The summed E-state index contributed by atoms with van der Waals surface area (Å²) < 4.78 is 0. The molecule has 1 heterocycles. The van der Waals surface area contributed by atoms with Crippen LogP contribution in [0.2, 0.25) is 0 Å². The van der Waals surface area contributed by atoms with Crippen molar-refractivity contribution in [2.24, 2.45) is 0 Å². The third kappa shape index (κ3) is 5.01. The van der Waals surface area contributed by atoms with Crippen LogP contribution in [-0.2, 0) is 17.1 Å². The number of hydrogen-bond donors (Lipinski definition) is 1. The maximum Gasteiger partial charge on any atom is 0.258 e. The molecule has 3 rings (SSSR count). The number of nitrogens with zero attached hydrogens (tertiary/aromatic N) is 2. The van der Waals surface area contributed by atoms with Crippen LogP contribution in [0.1, 0.15) is 30.8 Å². The summed E-state index contributed by atoms with van der Waals surface area (Å²) in [6, 6.07) is 15.6. The first kappa shape index (κ1) is 20.1. The monoisotopic (exact) mass is 395 g/mol. The van der Waals surface area contributed by atoms with Crippen molar-refractivity contribution < 1.29 is 4.79 Å². The second-order valence-electron chi connectivity index (χ2n) is 7.13. The zero-order valence-electron chi connectivity index (χ0n) is 16.4. The molecule has 1 N–H and O–H groups in total. The van der Waals surface area contributed by atoms with Gasteiger partial charge in [-0.05, 0) is 38.5 Å². The first-order valence-corrected chi connectivity index (χ1v) is 10.5. The molecule has 28 heavy (non-hydrogen) atoms. The van der Waals surface area contributed by atoms with Gasteiger partial charge in [-0.3, -0.25) is 9.59 Å². The summed E-state index contributed by atoms with van der Waals surface area (Å²) in [6.07, 6.45) is 0. The number of H-pyrrole nitrogens is 1. The topological polar surface area (TPSA) is 66.1 Å². The fourth-order valence-electron chi connectivity index (χ4n) is 3.07. The summed E-state index contributed by atoms with van der Waals surface area (Å²) in [5.74, 6) is 1.74. The average Bonchev–Trinajstić information content (AvgIpc) is 2.66. The smallest absolute Gasteiger partial charge is 0.258 e. The van der Waals surface area contributed by atoms with Gasteiger partial charge in [0.25, 0.3) is 5.56 Å². The van der Waals surface area contributed by atoms with E-state index in [1.54, 1.807) is 22.7 Å². The van der Waals surface area contributed by atoms with Gasteiger partial charge in [-0.15, -0.1) is 11.8 Å². The highest BCUT2D eigenvalue weighted by Crippen LogP contribution is 2.16. The fourth-order valence-corrected chi connectivity index (χ4v) is 3.93. The molecule has 0 radical (unpaired) electrons. The van der Waals surface area contributed by atoms with E-state index in [-0.39, 0.29) is 17.5 Å². The van der Waals surface area contributed by atoms with Gasteiger partial charge < -0.3 is 9.88 Å². The number of thioether (sulfide) groups is 1. The summed E-state index contributed by atoms with van der Waals surface area (Å²) in [5.41, 5.74) is 2.91. The second-order valence-corrected chi connectivity index (χ2v) is 8.11. The van der Waals surface area contributed by atoms with Gasteiger partial charge in [0.05, 0.1) is 23.2 Å². The van der Waals surface area contributed by atoms with Crippen LogP contribution in [0.4, 0.5) is 0 Å². The van der Waals surface area contributed by atoms with E-state index >= 15 is 0 Å². The standard InChI is InChI=1S/C22H25N3O2S/c1-15(2)25(21(26)14-28-13-17-8-6-7-16(3)11-17)12-20-23-19-10-5-4-9-18(19)22(27)24-20/h4-11,15H,12-14H2,1-3H3,(H,23,24,27). The van der Waals surface area contributed by atoms with Gasteiger partial charge in [-0.2, -0.15) is 0 Å². The number of benzene rings is 2. The molecule has 0 spiro atoms. The van der Waals surface area contributed by atoms with E-state index in [4.69, 9.17) is 0 Å². The lowest BCUT2D eigenvalue weighted by atomic mass is 10.2. The molecule has 2 aromatic carbocycles. The van der Waals surface area contributed by atoms with Crippen molar-refractivity contribution in [2.75, 3.05) is 5.75 Å². The Labute approximate surface area is 169 Å². The van der Waals surface area contributed by atoms with Gasteiger partial charge in [0.2, 0.25) is 5.91 Å².